The molecule has 0 atom stereocenters. The SMILES string of the molecule is NCc1ccc(S(=O)(=O)Nc2ccc(F)c(Br)c2)cc1Cl. The Morgan fingerprint density at radius 3 is 2.52 bits per heavy atom. The van der Waals surface area contributed by atoms with Crippen LogP contribution in [0, 0.1) is 5.82 Å². The van der Waals surface area contributed by atoms with Crippen molar-refractivity contribution in [3.8, 4) is 0 Å². The van der Waals surface area contributed by atoms with Crippen molar-refractivity contribution in [1.82, 2.24) is 0 Å². The highest BCUT2D eigenvalue weighted by Crippen LogP contribution is 2.25. The predicted molar refractivity (Wildman–Crippen MR) is 84.3 cm³/mol. The number of halogens is 3. The Bertz CT molecular complexity index is 784. The number of hydrogen-bond donors (Lipinski definition) is 2. The molecular formula is C13H11BrClFN2O2S. The molecule has 0 saturated carbocycles. The lowest BCUT2D eigenvalue weighted by molar-refractivity contribution is 0.601. The first-order valence-electron chi connectivity index (χ1n) is 5.80. The molecule has 0 aromatic heterocycles. The minimum Gasteiger partial charge on any atom is -0.326 e. The first-order chi connectivity index (χ1) is 9.83. The van der Waals surface area contributed by atoms with Crippen LogP contribution in [-0.4, -0.2) is 8.42 Å². The van der Waals surface area contributed by atoms with Gasteiger partial charge < -0.3 is 5.73 Å². The van der Waals surface area contributed by atoms with Crippen LogP contribution in [0.2, 0.25) is 5.02 Å². The molecule has 0 bridgehead atoms. The first-order valence-corrected chi connectivity index (χ1v) is 8.45. The molecule has 4 nitrogen and oxygen atoms in total. The van der Waals surface area contributed by atoms with Gasteiger partial charge >= 0.3 is 0 Å². The molecule has 112 valence electrons. The third kappa shape index (κ3) is 3.74. The molecule has 0 radical (unpaired) electrons. The fourth-order valence-corrected chi connectivity index (χ4v) is 3.41. The van der Waals surface area contributed by atoms with Crippen molar-refractivity contribution < 1.29 is 12.8 Å². The molecule has 0 fully saturated rings. The number of nitrogens with two attached hydrogens (primary N) is 1. The number of hydrogen-bond acceptors (Lipinski definition) is 3. The van der Waals surface area contributed by atoms with Gasteiger partial charge in [0.25, 0.3) is 10.0 Å². The van der Waals surface area contributed by atoms with Crippen molar-refractivity contribution in [3.05, 3.63) is 57.3 Å². The van der Waals surface area contributed by atoms with E-state index in [1.807, 2.05) is 0 Å². The van der Waals surface area contributed by atoms with Crippen molar-refractivity contribution in [2.24, 2.45) is 5.73 Å². The normalized spacial score (nSPS) is 11.4. The number of rotatable bonds is 4. The van der Waals surface area contributed by atoms with E-state index in [-0.39, 0.29) is 26.6 Å². The highest BCUT2D eigenvalue weighted by molar-refractivity contribution is 9.10. The van der Waals surface area contributed by atoms with Crippen LogP contribution in [0.25, 0.3) is 0 Å². The van der Waals surface area contributed by atoms with Crippen molar-refractivity contribution in [1.29, 1.82) is 0 Å². The summed E-state index contributed by atoms with van der Waals surface area (Å²) in [5, 5.41) is 0.278. The third-order valence-electron chi connectivity index (χ3n) is 2.73. The van der Waals surface area contributed by atoms with Gasteiger partial charge in [-0.2, -0.15) is 0 Å². The fourth-order valence-electron chi connectivity index (χ4n) is 1.63. The highest BCUT2D eigenvalue weighted by atomic mass is 79.9. The van der Waals surface area contributed by atoms with Crippen LogP contribution >= 0.6 is 27.5 Å². The average Bonchev–Trinajstić information content (AvgIpc) is 2.42. The summed E-state index contributed by atoms with van der Waals surface area (Å²) in [6, 6.07) is 8.11. The summed E-state index contributed by atoms with van der Waals surface area (Å²) < 4.78 is 40.1. The lowest BCUT2D eigenvalue weighted by Crippen LogP contribution is -2.13. The van der Waals surface area contributed by atoms with E-state index in [0.29, 0.717) is 5.56 Å². The quantitative estimate of drug-likeness (QED) is 0.835. The Hall–Kier alpha value is -1.15. The van der Waals surface area contributed by atoms with Crippen LogP contribution in [0.15, 0.2) is 45.8 Å². The zero-order valence-corrected chi connectivity index (χ0v) is 13.8. The monoisotopic (exact) mass is 392 g/mol. The molecule has 0 unspecified atom stereocenters. The molecule has 0 spiro atoms. The maximum atomic E-state index is 13.1. The zero-order chi connectivity index (χ0) is 15.6. The molecular weight excluding hydrogens is 383 g/mol. The van der Waals surface area contributed by atoms with Crippen LogP contribution < -0.4 is 10.5 Å². The van der Waals surface area contributed by atoms with Crippen molar-refractivity contribution in [3.63, 3.8) is 0 Å². The highest BCUT2D eigenvalue weighted by Gasteiger charge is 2.16. The minimum atomic E-state index is -3.81. The van der Waals surface area contributed by atoms with Gasteiger partial charge in [0.2, 0.25) is 0 Å². The summed E-state index contributed by atoms with van der Waals surface area (Å²) in [5.74, 6) is -0.478. The van der Waals surface area contributed by atoms with Crippen LogP contribution in [0.3, 0.4) is 0 Å². The number of nitrogens with one attached hydrogen (secondary N) is 1. The van der Waals surface area contributed by atoms with Gasteiger partial charge in [0.1, 0.15) is 5.82 Å². The Balaban J connectivity index is 2.33. The molecule has 0 saturated heterocycles. The van der Waals surface area contributed by atoms with Gasteiger partial charge in [-0.25, -0.2) is 12.8 Å². The first kappa shape index (κ1) is 16.2. The molecule has 0 aliphatic carbocycles. The largest absolute Gasteiger partial charge is 0.326 e. The Morgan fingerprint density at radius 2 is 1.95 bits per heavy atom. The Morgan fingerprint density at radius 1 is 1.24 bits per heavy atom. The van der Waals surface area contributed by atoms with Gasteiger partial charge in [0.15, 0.2) is 0 Å². The van der Waals surface area contributed by atoms with E-state index in [1.165, 1.54) is 24.3 Å². The second-order valence-electron chi connectivity index (χ2n) is 4.19. The van der Waals surface area contributed by atoms with E-state index in [2.05, 4.69) is 20.7 Å². The van der Waals surface area contributed by atoms with Crippen LogP contribution in [-0.2, 0) is 16.6 Å². The summed E-state index contributed by atoms with van der Waals surface area (Å²) in [4.78, 5) is 0.00477. The molecule has 0 aliphatic rings. The van der Waals surface area contributed by atoms with E-state index >= 15 is 0 Å². The van der Waals surface area contributed by atoms with Gasteiger partial charge in [0, 0.05) is 11.6 Å². The van der Waals surface area contributed by atoms with Gasteiger partial charge in [-0.15, -0.1) is 0 Å². The number of anilines is 1. The molecule has 2 aromatic rings. The predicted octanol–water partition coefficient (Wildman–Crippen LogP) is 3.50. The van der Waals surface area contributed by atoms with Gasteiger partial charge in [-0.1, -0.05) is 17.7 Å². The lowest BCUT2D eigenvalue weighted by Gasteiger charge is -2.10. The van der Waals surface area contributed by atoms with Gasteiger partial charge in [-0.3, -0.25) is 4.72 Å². The van der Waals surface area contributed by atoms with E-state index in [0.717, 1.165) is 6.07 Å². The molecule has 3 N–H and O–H groups in total. The average molecular weight is 394 g/mol. The standard InChI is InChI=1S/C13H11BrClFN2O2S/c14-11-5-9(2-4-13(11)16)18-21(19,20)10-3-1-8(7-17)12(15)6-10/h1-6,18H,7,17H2. The molecule has 21 heavy (non-hydrogen) atoms. The van der Waals surface area contributed by atoms with Crippen molar-refractivity contribution in [2.75, 3.05) is 4.72 Å². The molecule has 0 amide bonds. The van der Waals surface area contributed by atoms with Gasteiger partial charge in [-0.05, 0) is 51.8 Å². The van der Waals surface area contributed by atoms with Crippen molar-refractivity contribution in [2.45, 2.75) is 11.4 Å². The summed E-state index contributed by atoms with van der Waals surface area (Å²) in [6.07, 6.45) is 0. The summed E-state index contributed by atoms with van der Waals surface area (Å²) in [6.45, 7) is 0.220. The van der Waals surface area contributed by atoms with Crippen LogP contribution in [0.1, 0.15) is 5.56 Å². The minimum absolute atomic E-state index is 0.00477. The Labute approximate surface area is 135 Å². The molecule has 0 heterocycles. The summed E-state index contributed by atoms with van der Waals surface area (Å²) >= 11 is 8.95. The second-order valence-corrected chi connectivity index (χ2v) is 7.14. The number of sulfonamides is 1. The van der Waals surface area contributed by atoms with E-state index in [1.54, 1.807) is 6.07 Å². The summed E-state index contributed by atoms with van der Waals surface area (Å²) in [7, 11) is -3.81. The molecule has 2 aromatic carbocycles. The zero-order valence-electron chi connectivity index (χ0n) is 10.6. The Kier molecular flexibility index (Phi) is 4.88. The summed E-state index contributed by atoms with van der Waals surface area (Å²) in [5.41, 5.74) is 6.37. The van der Waals surface area contributed by atoms with E-state index in [4.69, 9.17) is 17.3 Å². The maximum Gasteiger partial charge on any atom is 0.261 e. The lowest BCUT2D eigenvalue weighted by atomic mass is 10.2. The maximum absolute atomic E-state index is 13.1. The van der Waals surface area contributed by atoms with E-state index < -0.39 is 15.8 Å². The second kappa shape index (κ2) is 6.31. The van der Waals surface area contributed by atoms with E-state index in [9.17, 15) is 12.8 Å². The van der Waals surface area contributed by atoms with Crippen molar-refractivity contribution >= 4 is 43.2 Å². The van der Waals surface area contributed by atoms with Crippen LogP contribution in [0.5, 0.6) is 0 Å². The smallest absolute Gasteiger partial charge is 0.261 e. The fraction of sp³-hybridized carbons (Fsp3) is 0.0769. The molecule has 0 aliphatic heterocycles. The molecule has 2 rings (SSSR count). The molecule has 8 heteroatoms. The van der Waals surface area contributed by atoms with Crippen LogP contribution in [0.4, 0.5) is 10.1 Å². The van der Waals surface area contributed by atoms with Gasteiger partial charge in [0.05, 0.1) is 15.1 Å². The topological polar surface area (TPSA) is 72.2 Å². The third-order valence-corrected chi connectivity index (χ3v) is 5.07. The number of benzene rings is 2.